The molecule has 0 saturated carbocycles. The molecule has 0 spiro atoms. The fraction of sp³-hybridized carbons (Fsp3) is 0.304. The van der Waals surface area contributed by atoms with Crippen molar-refractivity contribution in [1.82, 2.24) is 20.1 Å². The van der Waals surface area contributed by atoms with Crippen LogP contribution in [0.4, 0.5) is 0 Å². The Kier molecular flexibility index (Phi) is 7.43. The highest BCUT2D eigenvalue weighted by Crippen LogP contribution is 2.40. The van der Waals surface area contributed by atoms with Crippen LogP contribution >= 0.6 is 0 Å². The zero-order valence-corrected chi connectivity index (χ0v) is 18.5. The lowest BCUT2D eigenvalue weighted by molar-refractivity contribution is -0.130. The summed E-state index contributed by atoms with van der Waals surface area (Å²) in [5.41, 5.74) is 1.38. The third-order valence-electron chi connectivity index (χ3n) is 4.97. The molecule has 1 amide bonds. The van der Waals surface area contributed by atoms with Crippen molar-refractivity contribution in [1.29, 1.82) is 0 Å². The Labute approximate surface area is 186 Å². The number of ether oxygens (including phenoxy) is 3. The molecule has 0 atom stereocenters. The zero-order chi connectivity index (χ0) is 23.1. The van der Waals surface area contributed by atoms with E-state index in [-0.39, 0.29) is 30.3 Å². The van der Waals surface area contributed by atoms with Gasteiger partial charge in [-0.15, -0.1) is 10.2 Å². The number of rotatable bonds is 9. The molecule has 0 saturated heterocycles. The number of methoxy groups -OCH3 is 3. The average Bonchev–Trinajstić information content (AvgIpc) is 2.82. The summed E-state index contributed by atoms with van der Waals surface area (Å²) >= 11 is 0. The maximum Gasteiger partial charge on any atom is 0.273 e. The number of hydrogen-bond acceptors (Lipinski definition) is 7. The van der Waals surface area contributed by atoms with Crippen LogP contribution in [-0.2, 0) is 17.8 Å². The van der Waals surface area contributed by atoms with E-state index in [0.29, 0.717) is 29.4 Å². The highest BCUT2D eigenvalue weighted by molar-refractivity contribution is 5.76. The van der Waals surface area contributed by atoms with E-state index in [1.54, 1.807) is 24.1 Å². The standard InChI is InChI=1S/C23H26N4O5/c1-27(14-15-8-6-5-7-9-15)20(28)11-10-17-23(29)24-22(26-25-17)16-12-18(30-2)21(32-4)19(13-16)31-3/h5-9,12-13H,10-11,14H2,1-4H3,(H,24,26,29). The summed E-state index contributed by atoms with van der Waals surface area (Å²) in [6.45, 7) is 0.502. The minimum atomic E-state index is -0.401. The first-order chi connectivity index (χ1) is 15.5. The molecule has 0 aliphatic carbocycles. The van der Waals surface area contributed by atoms with Gasteiger partial charge in [0.15, 0.2) is 17.3 Å². The van der Waals surface area contributed by atoms with E-state index in [4.69, 9.17) is 14.2 Å². The normalized spacial score (nSPS) is 10.5. The van der Waals surface area contributed by atoms with Crippen molar-refractivity contribution in [3.8, 4) is 28.6 Å². The van der Waals surface area contributed by atoms with Gasteiger partial charge in [0.1, 0.15) is 5.69 Å². The summed E-state index contributed by atoms with van der Waals surface area (Å²) in [5.74, 6) is 1.47. The van der Waals surface area contributed by atoms with Crippen molar-refractivity contribution in [2.24, 2.45) is 0 Å². The molecule has 0 aliphatic heterocycles. The molecule has 3 aromatic rings. The summed E-state index contributed by atoms with van der Waals surface area (Å²) in [5, 5.41) is 8.17. The van der Waals surface area contributed by atoms with Gasteiger partial charge in [0.2, 0.25) is 11.7 Å². The van der Waals surface area contributed by atoms with Gasteiger partial charge < -0.3 is 24.1 Å². The van der Waals surface area contributed by atoms with Crippen molar-refractivity contribution in [3.63, 3.8) is 0 Å². The van der Waals surface area contributed by atoms with E-state index in [0.717, 1.165) is 5.56 Å². The third-order valence-corrected chi connectivity index (χ3v) is 4.97. The second-order valence-corrected chi connectivity index (χ2v) is 7.10. The number of carbonyl (C=O) groups excluding carboxylic acids is 1. The van der Waals surface area contributed by atoms with Crippen LogP contribution in [0, 0.1) is 0 Å². The van der Waals surface area contributed by atoms with Crippen molar-refractivity contribution in [3.05, 3.63) is 64.1 Å². The lowest BCUT2D eigenvalue weighted by Crippen LogP contribution is -2.27. The first kappa shape index (κ1) is 22.8. The highest BCUT2D eigenvalue weighted by Gasteiger charge is 2.17. The topological polar surface area (TPSA) is 107 Å². The predicted molar refractivity (Wildman–Crippen MR) is 119 cm³/mol. The first-order valence-electron chi connectivity index (χ1n) is 10.0. The second-order valence-electron chi connectivity index (χ2n) is 7.10. The maximum absolute atomic E-state index is 12.5. The van der Waals surface area contributed by atoms with Crippen LogP contribution in [-0.4, -0.2) is 54.4 Å². The van der Waals surface area contributed by atoms with Crippen LogP contribution in [0.5, 0.6) is 17.2 Å². The van der Waals surface area contributed by atoms with E-state index in [1.165, 1.54) is 21.3 Å². The van der Waals surface area contributed by atoms with Crippen LogP contribution in [0.1, 0.15) is 17.7 Å². The van der Waals surface area contributed by atoms with Gasteiger partial charge in [0, 0.05) is 32.0 Å². The number of hydrogen-bond donors (Lipinski definition) is 1. The Hall–Kier alpha value is -3.88. The fourth-order valence-electron chi connectivity index (χ4n) is 3.23. The van der Waals surface area contributed by atoms with Gasteiger partial charge in [-0.05, 0) is 17.7 Å². The number of aromatic amines is 1. The molecule has 32 heavy (non-hydrogen) atoms. The van der Waals surface area contributed by atoms with Gasteiger partial charge in [-0.2, -0.15) is 0 Å². The minimum absolute atomic E-state index is 0.0799. The van der Waals surface area contributed by atoms with E-state index < -0.39 is 5.56 Å². The molecule has 2 aromatic carbocycles. The van der Waals surface area contributed by atoms with Crippen LogP contribution < -0.4 is 19.8 Å². The number of amides is 1. The van der Waals surface area contributed by atoms with Crippen molar-refractivity contribution < 1.29 is 19.0 Å². The lowest BCUT2D eigenvalue weighted by Gasteiger charge is -2.17. The van der Waals surface area contributed by atoms with Crippen LogP contribution in [0.25, 0.3) is 11.4 Å². The monoisotopic (exact) mass is 438 g/mol. The van der Waals surface area contributed by atoms with Gasteiger partial charge in [0.25, 0.3) is 5.56 Å². The number of aromatic nitrogens is 3. The molecule has 0 unspecified atom stereocenters. The molecule has 9 heteroatoms. The van der Waals surface area contributed by atoms with E-state index >= 15 is 0 Å². The Balaban J connectivity index is 1.72. The largest absolute Gasteiger partial charge is 0.493 e. The molecule has 0 aliphatic rings. The van der Waals surface area contributed by atoms with Crippen LogP contribution in [0.2, 0.25) is 0 Å². The molecule has 9 nitrogen and oxygen atoms in total. The molecule has 0 radical (unpaired) electrons. The molecule has 1 N–H and O–H groups in total. The second kappa shape index (κ2) is 10.4. The Bertz CT molecular complexity index is 1110. The number of nitrogens with one attached hydrogen (secondary N) is 1. The van der Waals surface area contributed by atoms with Crippen molar-refractivity contribution >= 4 is 5.91 Å². The summed E-state index contributed by atoms with van der Waals surface area (Å²) in [6, 6.07) is 13.0. The van der Waals surface area contributed by atoms with Crippen molar-refractivity contribution in [2.75, 3.05) is 28.4 Å². The van der Waals surface area contributed by atoms with Crippen LogP contribution in [0.3, 0.4) is 0 Å². The van der Waals surface area contributed by atoms with E-state index in [9.17, 15) is 9.59 Å². The number of carbonyl (C=O) groups is 1. The first-order valence-corrected chi connectivity index (χ1v) is 10.0. The average molecular weight is 438 g/mol. The van der Waals surface area contributed by atoms with E-state index in [1.807, 2.05) is 30.3 Å². The number of H-pyrrole nitrogens is 1. The minimum Gasteiger partial charge on any atom is -0.493 e. The summed E-state index contributed by atoms with van der Waals surface area (Å²) in [4.78, 5) is 29.3. The molecule has 1 aromatic heterocycles. The SMILES string of the molecule is COc1cc(-c2nnc(CCC(=O)N(C)Cc3ccccc3)c(=O)[nH]2)cc(OC)c1OC. The van der Waals surface area contributed by atoms with Gasteiger partial charge >= 0.3 is 0 Å². The Morgan fingerprint density at radius 1 is 1.00 bits per heavy atom. The molecule has 0 bridgehead atoms. The van der Waals surface area contributed by atoms with E-state index in [2.05, 4.69) is 15.2 Å². The quantitative estimate of drug-likeness (QED) is 0.547. The molecule has 1 heterocycles. The number of nitrogens with zero attached hydrogens (tertiary/aromatic N) is 3. The van der Waals surface area contributed by atoms with Crippen molar-refractivity contribution in [2.45, 2.75) is 19.4 Å². The van der Waals surface area contributed by atoms with Gasteiger partial charge in [0.05, 0.1) is 21.3 Å². The predicted octanol–water partition coefficient (Wildman–Crippen LogP) is 2.45. The molecule has 168 valence electrons. The smallest absolute Gasteiger partial charge is 0.273 e. The lowest BCUT2D eigenvalue weighted by atomic mass is 10.1. The molecular formula is C23H26N4O5. The van der Waals surface area contributed by atoms with Gasteiger partial charge in [-0.25, -0.2) is 0 Å². The molecule has 3 rings (SSSR count). The van der Waals surface area contributed by atoms with Crippen LogP contribution in [0.15, 0.2) is 47.3 Å². The molecular weight excluding hydrogens is 412 g/mol. The van der Waals surface area contributed by atoms with Gasteiger partial charge in [-0.1, -0.05) is 30.3 Å². The summed E-state index contributed by atoms with van der Waals surface area (Å²) < 4.78 is 16.0. The molecule has 0 fully saturated rings. The fourth-order valence-corrected chi connectivity index (χ4v) is 3.23. The Morgan fingerprint density at radius 3 is 2.22 bits per heavy atom. The Morgan fingerprint density at radius 2 is 1.66 bits per heavy atom. The number of aryl methyl sites for hydroxylation is 1. The van der Waals surface area contributed by atoms with Gasteiger partial charge in [-0.3, -0.25) is 9.59 Å². The summed E-state index contributed by atoms with van der Waals surface area (Å²) in [7, 11) is 6.25. The zero-order valence-electron chi connectivity index (χ0n) is 18.5. The maximum atomic E-state index is 12.5. The number of benzene rings is 2. The highest BCUT2D eigenvalue weighted by atomic mass is 16.5. The third kappa shape index (κ3) is 5.23. The summed E-state index contributed by atoms with van der Waals surface area (Å²) in [6.07, 6.45) is 0.348.